The fourth-order valence-electron chi connectivity index (χ4n) is 5.58. The number of aryl methyl sites for hydroxylation is 3. The molecule has 0 aliphatic heterocycles. The molecule has 0 atom stereocenters. The molecule has 0 amide bonds. The molecular formula is C31H29ClF3N3O4S. The summed E-state index contributed by atoms with van der Waals surface area (Å²) >= 11 is 11.1. The fourth-order valence-corrected chi connectivity index (χ4v) is 6.08. The van der Waals surface area contributed by atoms with E-state index in [-0.39, 0.29) is 46.6 Å². The largest absolute Gasteiger partial charge is 0.493 e. The molecule has 226 valence electrons. The van der Waals surface area contributed by atoms with Crippen LogP contribution in [-0.2, 0) is 31.9 Å². The van der Waals surface area contributed by atoms with Gasteiger partial charge in [0.1, 0.15) is 23.0 Å². The number of fused-ring (bicyclic) bond motifs is 2. The molecule has 0 radical (unpaired) electrons. The van der Waals surface area contributed by atoms with Crippen LogP contribution in [0.15, 0.2) is 47.4 Å². The van der Waals surface area contributed by atoms with Crippen LogP contribution < -0.4 is 4.74 Å². The van der Waals surface area contributed by atoms with Crippen LogP contribution in [0.25, 0.3) is 32.8 Å². The number of aliphatic hydroxyl groups is 1. The van der Waals surface area contributed by atoms with Crippen molar-refractivity contribution in [3.63, 3.8) is 0 Å². The van der Waals surface area contributed by atoms with Gasteiger partial charge in [-0.2, -0.15) is 5.10 Å². The van der Waals surface area contributed by atoms with E-state index in [0.29, 0.717) is 45.3 Å². The molecule has 0 bridgehead atoms. The zero-order chi connectivity index (χ0) is 31.0. The minimum Gasteiger partial charge on any atom is -0.493 e. The maximum Gasteiger partial charge on any atom is 0.355 e. The predicted molar refractivity (Wildman–Crippen MR) is 162 cm³/mol. The molecule has 12 heteroatoms. The summed E-state index contributed by atoms with van der Waals surface area (Å²) in [6, 6.07) is 11.3. The van der Waals surface area contributed by atoms with E-state index in [1.165, 1.54) is 23.9 Å². The van der Waals surface area contributed by atoms with Gasteiger partial charge in [0.15, 0.2) is 0 Å². The van der Waals surface area contributed by atoms with Crippen LogP contribution in [0.3, 0.4) is 0 Å². The Kier molecular flexibility index (Phi) is 8.96. The highest BCUT2D eigenvalue weighted by Crippen LogP contribution is 2.44. The number of halogens is 4. The summed E-state index contributed by atoms with van der Waals surface area (Å²) < 4.78 is 56.3. The van der Waals surface area contributed by atoms with Crippen LogP contribution in [0.2, 0.25) is 5.02 Å². The first-order valence-corrected chi connectivity index (χ1v) is 14.4. The Balaban J connectivity index is 1.57. The van der Waals surface area contributed by atoms with Gasteiger partial charge in [0, 0.05) is 40.9 Å². The van der Waals surface area contributed by atoms with E-state index in [1.807, 2.05) is 0 Å². The van der Waals surface area contributed by atoms with Crippen molar-refractivity contribution in [2.24, 2.45) is 14.1 Å². The van der Waals surface area contributed by atoms with Gasteiger partial charge < -0.3 is 19.1 Å². The second-order valence-corrected chi connectivity index (χ2v) is 10.9. The summed E-state index contributed by atoms with van der Waals surface area (Å²) in [6.45, 7) is 1.54. The summed E-state index contributed by atoms with van der Waals surface area (Å²) in [7, 11) is 3.12. The lowest BCUT2D eigenvalue weighted by molar-refractivity contribution is 0.0514. The van der Waals surface area contributed by atoms with Gasteiger partial charge in [-0.3, -0.25) is 4.68 Å². The van der Waals surface area contributed by atoms with Gasteiger partial charge in [-0.15, -0.1) is 12.6 Å². The molecule has 2 heterocycles. The van der Waals surface area contributed by atoms with Crippen LogP contribution in [0.1, 0.15) is 47.2 Å². The summed E-state index contributed by atoms with van der Waals surface area (Å²) in [5.41, 5.74) is 1.24. The van der Waals surface area contributed by atoms with Gasteiger partial charge >= 0.3 is 5.97 Å². The van der Waals surface area contributed by atoms with Crippen LogP contribution in [0, 0.1) is 5.82 Å². The topological polar surface area (TPSA) is 78.5 Å². The van der Waals surface area contributed by atoms with Gasteiger partial charge in [0.2, 0.25) is 0 Å². The van der Waals surface area contributed by atoms with E-state index in [0.717, 1.165) is 5.39 Å². The van der Waals surface area contributed by atoms with E-state index < -0.39 is 24.7 Å². The van der Waals surface area contributed by atoms with Gasteiger partial charge in [-0.05, 0) is 67.1 Å². The van der Waals surface area contributed by atoms with Crippen molar-refractivity contribution in [1.82, 2.24) is 14.3 Å². The SMILES string of the molecule is CCOC(=O)c1c(CCCOc2cc(S)cc3cc(F)ccc23)c2ccc(Cl)c(-c3c(C(F)F)nn(C)c3CO)c2n1C. The third kappa shape index (κ3) is 5.69. The number of nitrogens with zero attached hydrogens (tertiary/aromatic N) is 3. The molecule has 2 aromatic heterocycles. The molecule has 0 unspecified atom stereocenters. The van der Waals surface area contributed by atoms with Crippen molar-refractivity contribution in [2.75, 3.05) is 13.2 Å². The number of carbonyl (C=O) groups excluding carboxylic acids is 1. The van der Waals surface area contributed by atoms with E-state index in [4.69, 9.17) is 21.1 Å². The molecule has 7 nitrogen and oxygen atoms in total. The minimum absolute atomic E-state index is 0.0245. The lowest BCUT2D eigenvalue weighted by atomic mass is 9.98. The molecule has 3 aromatic carbocycles. The van der Waals surface area contributed by atoms with Crippen LogP contribution in [0.4, 0.5) is 13.2 Å². The number of rotatable bonds is 10. The zero-order valence-electron chi connectivity index (χ0n) is 23.6. The standard InChI is InChI=1S/C31H29ClF3N3O4S/c1-4-41-31(40)29-20(6-5-11-42-24-14-18(43)13-16-12-17(33)7-8-19(16)24)21-9-10-22(32)25(28(21)37(29)2)26-23(15-39)38(3)36-27(26)30(34)35/h7-10,12-14,30,39,43H,4-6,11,15H2,1-3H3. The van der Waals surface area contributed by atoms with E-state index in [1.54, 1.807) is 48.9 Å². The Morgan fingerprint density at radius 1 is 1.12 bits per heavy atom. The lowest BCUT2D eigenvalue weighted by Gasteiger charge is -2.12. The van der Waals surface area contributed by atoms with Crippen molar-refractivity contribution in [3.8, 4) is 16.9 Å². The summed E-state index contributed by atoms with van der Waals surface area (Å²) in [5.74, 6) is -0.386. The van der Waals surface area contributed by atoms with Gasteiger partial charge in [0.05, 0.1) is 36.1 Å². The number of aromatic nitrogens is 3. The monoisotopic (exact) mass is 631 g/mol. The molecule has 0 aliphatic carbocycles. The van der Waals surface area contributed by atoms with E-state index in [9.17, 15) is 23.1 Å². The minimum atomic E-state index is -2.93. The molecule has 0 saturated carbocycles. The maximum atomic E-state index is 14.2. The number of aliphatic hydroxyl groups excluding tert-OH is 1. The first-order chi connectivity index (χ1) is 20.6. The van der Waals surface area contributed by atoms with Crippen molar-refractivity contribution < 1.29 is 32.5 Å². The molecule has 5 rings (SSSR count). The first-order valence-electron chi connectivity index (χ1n) is 13.5. The highest BCUT2D eigenvalue weighted by atomic mass is 35.5. The molecule has 0 fully saturated rings. The number of hydrogen-bond acceptors (Lipinski definition) is 6. The van der Waals surface area contributed by atoms with Gasteiger partial charge in [-0.1, -0.05) is 17.7 Å². The Bertz CT molecular complexity index is 1850. The second kappa shape index (κ2) is 12.5. The Morgan fingerprint density at radius 3 is 2.56 bits per heavy atom. The maximum absolute atomic E-state index is 14.2. The molecule has 43 heavy (non-hydrogen) atoms. The average molecular weight is 632 g/mol. The molecular weight excluding hydrogens is 603 g/mol. The summed E-state index contributed by atoms with van der Waals surface area (Å²) in [4.78, 5) is 13.9. The Labute approximate surface area is 256 Å². The van der Waals surface area contributed by atoms with Crippen LogP contribution >= 0.6 is 24.2 Å². The highest BCUT2D eigenvalue weighted by molar-refractivity contribution is 7.80. The zero-order valence-corrected chi connectivity index (χ0v) is 25.3. The number of alkyl halides is 2. The fraction of sp³-hybridized carbons (Fsp3) is 0.290. The number of thiol groups is 1. The molecule has 5 aromatic rings. The van der Waals surface area contributed by atoms with Gasteiger partial charge in [0.25, 0.3) is 6.43 Å². The molecule has 0 spiro atoms. The van der Waals surface area contributed by atoms with Crippen LogP contribution in [-0.4, -0.2) is 38.6 Å². The smallest absolute Gasteiger partial charge is 0.355 e. The quantitative estimate of drug-likeness (QED) is 0.0952. The number of benzene rings is 3. The summed E-state index contributed by atoms with van der Waals surface area (Å²) in [5, 5.41) is 16.2. The van der Waals surface area contributed by atoms with E-state index in [2.05, 4.69) is 17.7 Å². The molecule has 0 aliphatic rings. The molecule has 1 N–H and O–H groups in total. The average Bonchev–Trinajstić information content (AvgIpc) is 3.44. The number of carbonyl (C=O) groups is 1. The van der Waals surface area contributed by atoms with Crippen molar-refractivity contribution >= 4 is 51.9 Å². The lowest BCUT2D eigenvalue weighted by Crippen LogP contribution is -2.13. The molecule has 0 saturated heterocycles. The number of esters is 1. The van der Waals surface area contributed by atoms with Crippen molar-refractivity contribution in [2.45, 2.75) is 37.7 Å². The normalized spacial score (nSPS) is 11.7. The van der Waals surface area contributed by atoms with Gasteiger partial charge in [-0.25, -0.2) is 18.0 Å². The summed E-state index contributed by atoms with van der Waals surface area (Å²) in [6.07, 6.45) is -2.08. The third-order valence-corrected chi connectivity index (χ3v) is 7.94. The van der Waals surface area contributed by atoms with Crippen LogP contribution in [0.5, 0.6) is 5.75 Å². The van der Waals surface area contributed by atoms with Crippen molar-refractivity contribution in [3.05, 3.63) is 75.9 Å². The number of hydrogen-bond donors (Lipinski definition) is 2. The van der Waals surface area contributed by atoms with E-state index >= 15 is 0 Å². The Morgan fingerprint density at radius 2 is 1.86 bits per heavy atom. The van der Waals surface area contributed by atoms with Crippen molar-refractivity contribution in [1.29, 1.82) is 0 Å². The first kappa shape index (κ1) is 30.8. The highest BCUT2D eigenvalue weighted by Gasteiger charge is 2.30. The third-order valence-electron chi connectivity index (χ3n) is 7.37. The second-order valence-electron chi connectivity index (χ2n) is 9.98. The Hall–Kier alpha value is -3.67. The predicted octanol–water partition coefficient (Wildman–Crippen LogP) is 7.43. The number of ether oxygens (including phenoxy) is 2.